The summed E-state index contributed by atoms with van der Waals surface area (Å²) in [6.07, 6.45) is 1.68. The van der Waals surface area contributed by atoms with Gasteiger partial charge in [0.15, 0.2) is 5.78 Å². The normalized spacial score (nSPS) is 14.4. The number of aromatic nitrogens is 1. The molecule has 0 N–H and O–H groups in total. The molecule has 4 rings (SSSR count). The van der Waals surface area contributed by atoms with Crippen molar-refractivity contribution < 1.29 is 14.3 Å². The summed E-state index contributed by atoms with van der Waals surface area (Å²) in [7, 11) is 0. The van der Waals surface area contributed by atoms with Gasteiger partial charge in [0.05, 0.1) is 12.1 Å². The first-order valence-electron chi connectivity index (χ1n) is 10.7. The van der Waals surface area contributed by atoms with Crippen LogP contribution in [-0.2, 0) is 17.8 Å². The monoisotopic (exact) mass is 468 g/mol. The molecule has 2 aromatic carbocycles. The van der Waals surface area contributed by atoms with Crippen LogP contribution in [0.4, 0.5) is 0 Å². The third-order valence-electron chi connectivity index (χ3n) is 5.66. The van der Waals surface area contributed by atoms with Crippen molar-refractivity contribution in [1.29, 1.82) is 0 Å². The fraction of sp³-hybridized carbons (Fsp3) is 0.320. The van der Waals surface area contributed by atoms with Crippen molar-refractivity contribution in [3.63, 3.8) is 0 Å². The SMILES string of the molecule is Cc1ccc(C(=O)C2CCN(C(=O)Cc3csc(COc4ccc(Cl)cc4)n3)CC2)cc1. The lowest BCUT2D eigenvalue weighted by molar-refractivity contribution is -0.131. The van der Waals surface area contributed by atoms with Gasteiger partial charge in [0, 0.05) is 35.0 Å². The van der Waals surface area contributed by atoms with Gasteiger partial charge >= 0.3 is 0 Å². The summed E-state index contributed by atoms with van der Waals surface area (Å²) in [5.74, 6) is 0.951. The first-order chi connectivity index (χ1) is 15.5. The highest BCUT2D eigenvalue weighted by Gasteiger charge is 2.28. The molecule has 5 nitrogen and oxygen atoms in total. The van der Waals surface area contributed by atoms with E-state index in [-0.39, 0.29) is 24.0 Å². The average Bonchev–Trinajstić information content (AvgIpc) is 3.26. The maximum absolute atomic E-state index is 12.7. The molecule has 166 valence electrons. The molecule has 0 aliphatic carbocycles. The van der Waals surface area contributed by atoms with Gasteiger partial charge in [-0.3, -0.25) is 9.59 Å². The third-order valence-corrected chi connectivity index (χ3v) is 6.79. The number of likely N-dealkylation sites (tertiary alicyclic amines) is 1. The van der Waals surface area contributed by atoms with Gasteiger partial charge in [-0.05, 0) is 44.0 Å². The average molecular weight is 469 g/mol. The standard InChI is InChI=1S/C25H25ClN2O3S/c1-17-2-4-18(5-3-17)25(30)19-10-12-28(13-11-19)24(29)14-21-16-32-23(27-21)15-31-22-8-6-20(26)7-9-22/h2-9,16,19H,10-15H2,1H3. The van der Waals surface area contributed by atoms with E-state index in [0.29, 0.717) is 37.6 Å². The van der Waals surface area contributed by atoms with Gasteiger partial charge in [-0.2, -0.15) is 0 Å². The Morgan fingerprint density at radius 1 is 1.09 bits per heavy atom. The first kappa shape index (κ1) is 22.5. The lowest BCUT2D eigenvalue weighted by Crippen LogP contribution is -2.41. The van der Waals surface area contributed by atoms with Gasteiger partial charge in [-0.1, -0.05) is 41.4 Å². The number of amides is 1. The molecule has 1 aliphatic rings. The van der Waals surface area contributed by atoms with Crippen molar-refractivity contribution in [2.24, 2.45) is 5.92 Å². The van der Waals surface area contributed by atoms with E-state index in [0.717, 1.165) is 27.6 Å². The van der Waals surface area contributed by atoms with Crippen molar-refractivity contribution in [3.8, 4) is 5.75 Å². The lowest BCUT2D eigenvalue weighted by Gasteiger charge is -2.31. The predicted molar refractivity (Wildman–Crippen MR) is 126 cm³/mol. The van der Waals surface area contributed by atoms with Crippen molar-refractivity contribution in [2.75, 3.05) is 13.1 Å². The number of Topliss-reactive ketones (excluding diaryl/α,β-unsaturated/α-hetero) is 1. The van der Waals surface area contributed by atoms with E-state index >= 15 is 0 Å². The van der Waals surface area contributed by atoms with E-state index < -0.39 is 0 Å². The van der Waals surface area contributed by atoms with Gasteiger partial charge in [0.1, 0.15) is 17.4 Å². The Balaban J connectivity index is 1.25. The van der Waals surface area contributed by atoms with Crippen LogP contribution in [-0.4, -0.2) is 34.7 Å². The third kappa shape index (κ3) is 5.75. The van der Waals surface area contributed by atoms with Crippen LogP contribution in [0.15, 0.2) is 53.9 Å². The number of thiazole rings is 1. The number of carbonyl (C=O) groups is 2. The minimum atomic E-state index is -0.0161. The van der Waals surface area contributed by atoms with E-state index in [1.165, 1.54) is 11.3 Å². The number of halogens is 1. The zero-order chi connectivity index (χ0) is 22.5. The van der Waals surface area contributed by atoms with Crippen LogP contribution >= 0.6 is 22.9 Å². The maximum atomic E-state index is 12.7. The number of ether oxygens (including phenoxy) is 1. The van der Waals surface area contributed by atoms with Crippen LogP contribution in [0.3, 0.4) is 0 Å². The number of piperidine rings is 1. The van der Waals surface area contributed by atoms with E-state index in [1.54, 1.807) is 12.1 Å². The minimum Gasteiger partial charge on any atom is -0.486 e. The molecular weight excluding hydrogens is 444 g/mol. The molecule has 1 aliphatic heterocycles. The Hall–Kier alpha value is -2.70. The fourth-order valence-corrected chi connectivity index (χ4v) is 4.61. The summed E-state index contributed by atoms with van der Waals surface area (Å²) >= 11 is 7.37. The molecule has 2 heterocycles. The zero-order valence-electron chi connectivity index (χ0n) is 17.9. The summed E-state index contributed by atoms with van der Waals surface area (Å²) in [5, 5.41) is 3.40. The van der Waals surface area contributed by atoms with Crippen LogP contribution in [0.2, 0.25) is 5.02 Å². The largest absolute Gasteiger partial charge is 0.486 e. The Bertz CT molecular complexity index is 1070. The predicted octanol–water partition coefficient (Wildman–Crippen LogP) is 5.35. The quantitative estimate of drug-likeness (QED) is 0.439. The number of ketones is 1. The molecule has 7 heteroatoms. The Labute approximate surface area is 197 Å². The molecule has 1 fully saturated rings. The van der Waals surface area contributed by atoms with E-state index in [2.05, 4.69) is 4.98 Å². The highest BCUT2D eigenvalue weighted by Crippen LogP contribution is 2.23. The second-order valence-corrected chi connectivity index (χ2v) is 9.42. The fourth-order valence-electron chi connectivity index (χ4n) is 3.78. The van der Waals surface area contributed by atoms with E-state index in [4.69, 9.17) is 16.3 Å². The number of hydrogen-bond donors (Lipinski definition) is 0. The smallest absolute Gasteiger partial charge is 0.228 e. The molecule has 1 saturated heterocycles. The van der Waals surface area contributed by atoms with Crippen LogP contribution in [0.25, 0.3) is 0 Å². The molecule has 1 amide bonds. The molecule has 1 aromatic heterocycles. The minimum absolute atomic E-state index is 0.0161. The number of carbonyl (C=O) groups excluding carboxylic acids is 2. The summed E-state index contributed by atoms with van der Waals surface area (Å²) in [6.45, 7) is 3.58. The van der Waals surface area contributed by atoms with Crippen molar-refractivity contribution in [2.45, 2.75) is 32.8 Å². The van der Waals surface area contributed by atoms with Gasteiger partial charge in [0.2, 0.25) is 5.91 Å². The summed E-state index contributed by atoms with van der Waals surface area (Å²) < 4.78 is 5.72. The molecular formula is C25H25ClN2O3S. The number of aryl methyl sites for hydroxylation is 1. The lowest BCUT2D eigenvalue weighted by atomic mass is 9.88. The van der Waals surface area contributed by atoms with Crippen molar-refractivity contribution in [1.82, 2.24) is 9.88 Å². The highest BCUT2D eigenvalue weighted by atomic mass is 35.5. The zero-order valence-corrected chi connectivity index (χ0v) is 19.5. The van der Waals surface area contributed by atoms with Crippen molar-refractivity contribution in [3.05, 3.63) is 80.8 Å². The highest BCUT2D eigenvalue weighted by molar-refractivity contribution is 7.09. The van der Waals surface area contributed by atoms with Gasteiger partial charge in [0.25, 0.3) is 0 Å². The molecule has 0 bridgehead atoms. The number of benzene rings is 2. The molecule has 32 heavy (non-hydrogen) atoms. The van der Waals surface area contributed by atoms with Gasteiger partial charge in [-0.25, -0.2) is 4.98 Å². The number of hydrogen-bond acceptors (Lipinski definition) is 5. The second kappa shape index (κ2) is 10.3. The van der Waals surface area contributed by atoms with Crippen LogP contribution in [0.5, 0.6) is 5.75 Å². The Morgan fingerprint density at radius 3 is 2.47 bits per heavy atom. The maximum Gasteiger partial charge on any atom is 0.228 e. The molecule has 0 unspecified atom stereocenters. The van der Waals surface area contributed by atoms with E-state index in [1.807, 2.05) is 53.6 Å². The number of rotatable bonds is 7. The number of nitrogens with zero attached hydrogens (tertiary/aromatic N) is 2. The molecule has 0 saturated carbocycles. The summed E-state index contributed by atoms with van der Waals surface area (Å²) in [4.78, 5) is 31.8. The molecule has 0 spiro atoms. The van der Waals surface area contributed by atoms with Crippen molar-refractivity contribution >= 4 is 34.6 Å². The van der Waals surface area contributed by atoms with Crippen LogP contribution < -0.4 is 4.74 Å². The topological polar surface area (TPSA) is 59.5 Å². The summed E-state index contributed by atoms with van der Waals surface area (Å²) in [6, 6.07) is 14.9. The second-order valence-electron chi connectivity index (χ2n) is 8.04. The van der Waals surface area contributed by atoms with E-state index in [9.17, 15) is 9.59 Å². The van der Waals surface area contributed by atoms with Crippen LogP contribution in [0.1, 0.15) is 39.5 Å². The molecule has 0 atom stereocenters. The first-order valence-corrected chi connectivity index (χ1v) is 11.9. The Morgan fingerprint density at radius 2 is 1.78 bits per heavy atom. The van der Waals surface area contributed by atoms with Crippen LogP contribution in [0, 0.1) is 12.8 Å². The van der Waals surface area contributed by atoms with Gasteiger partial charge < -0.3 is 9.64 Å². The molecule has 0 radical (unpaired) electrons. The molecule has 3 aromatic rings. The van der Waals surface area contributed by atoms with Gasteiger partial charge in [-0.15, -0.1) is 11.3 Å². The Kier molecular flexibility index (Phi) is 7.22. The summed E-state index contributed by atoms with van der Waals surface area (Å²) in [5.41, 5.74) is 2.66.